The lowest BCUT2D eigenvalue weighted by molar-refractivity contribution is 0.0689. The van der Waals surface area contributed by atoms with Crippen LogP contribution in [0.5, 0.6) is 5.75 Å². The normalized spacial score (nSPS) is 11.5. The number of ether oxygens (including phenoxy) is 1. The Morgan fingerprint density at radius 1 is 1.36 bits per heavy atom. The van der Waals surface area contributed by atoms with Crippen molar-refractivity contribution < 1.29 is 27.4 Å². The summed E-state index contributed by atoms with van der Waals surface area (Å²) in [4.78, 5) is 10.5. The van der Waals surface area contributed by atoms with Crippen molar-refractivity contribution >= 4 is 15.8 Å². The quantitative estimate of drug-likeness (QED) is 0.909. The molecule has 9 heteroatoms. The molecule has 1 aromatic carbocycles. The second kappa shape index (κ2) is 5.41. The number of carboxylic acid groups (broad SMARTS) is 1. The van der Waals surface area contributed by atoms with E-state index in [9.17, 15) is 17.6 Å². The van der Waals surface area contributed by atoms with Crippen molar-refractivity contribution in [3.63, 3.8) is 0 Å². The van der Waals surface area contributed by atoms with Gasteiger partial charge < -0.3 is 9.84 Å². The van der Waals surface area contributed by atoms with Gasteiger partial charge in [0.2, 0.25) is 0 Å². The zero-order chi connectivity index (χ0) is 16.7. The lowest BCUT2D eigenvalue weighted by Crippen LogP contribution is -2.04. The fraction of sp³-hybridized carbons (Fsp3) is 0.231. The van der Waals surface area contributed by atoms with Gasteiger partial charge in [0.05, 0.1) is 12.8 Å². The number of rotatable bonds is 4. The lowest BCUT2D eigenvalue weighted by Gasteiger charge is -2.11. The molecule has 0 saturated carbocycles. The van der Waals surface area contributed by atoms with Crippen molar-refractivity contribution in [2.75, 3.05) is 13.4 Å². The van der Waals surface area contributed by atoms with Gasteiger partial charge in [-0.25, -0.2) is 17.6 Å². The molecule has 7 nitrogen and oxygen atoms in total. The molecule has 0 radical (unpaired) electrons. The van der Waals surface area contributed by atoms with E-state index in [0.29, 0.717) is 0 Å². The van der Waals surface area contributed by atoms with Gasteiger partial charge in [-0.1, -0.05) is 0 Å². The van der Waals surface area contributed by atoms with Gasteiger partial charge in [0.15, 0.2) is 15.5 Å². The van der Waals surface area contributed by atoms with Crippen molar-refractivity contribution in [1.29, 1.82) is 0 Å². The van der Waals surface area contributed by atoms with Crippen LogP contribution >= 0.6 is 0 Å². The minimum absolute atomic E-state index is 0.0989. The number of nitrogens with zero attached hydrogens (tertiary/aromatic N) is 2. The molecule has 2 rings (SSSR count). The molecule has 22 heavy (non-hydrogen) atoms. The number of carbonyl (C=O) groups is 1. The van der Waals surface area contributed by atoms with Crippen LogP contribution in [0.1, 0.15) is 10.5 Å². The van der Waals surface area contributed by atoms with E-state index in [1.165, 1.54) is 24.9 Å². The summed E-state index contributed by atoms with van der Waals surface area (Å²) < 4.78 is 43.5. The van der Waals surface area contributed by atoms with Crippen LogP contribution in [0.3, 0.4) is 0 Å². The van der Waals surface area contributed by atoms with Gasteiger partial charge in [0.25, 0.3) is 0 Å². The van der Waals surface area contributed by atoms with E-state index >= 15 is 0 Å². The highest BCUT2D eigenvalue weighted by atomic mass is 32.2. The largest absolute Gasteiger partial charge is 0.496 e. The van der Waals surface area contributed by atoms with Crippen molar-refractivity contribution in [1.82, 2.24) is 9.78 Å². The van der Waals surface area contributed by atoms with Crippen LogP contribution in [-0.4, -0.2) is 42.6 Å². The van der Waals surface area contributed by atoms with E-state index in [1.807, 2.05) is 0 Å². The van der Waals surface area contributed by atoms with Crippen LogP contribution < -0.4 is 4.74 Å². The molecule has 118 valence electrons. The monoisotopic (exact) mass is 328 g/mol. The van der Waals surface area contributed by atoms with Gasteiger partial charge in [0, 0.05) is 24.9 Å². The molecule has 0 amide bonds. The first-order chi connectivity index (χ1) is 10.1. The molecular formula is C13H13FN2O5S. The standard InChI is InChI=1S/C13H13FN2O5S/c1-16-10(5-9(15-16)13(17)18)7-4-8(14)12(22(3,19)20)6-11(7)21-2/h4-6H,1-3H3,(H,17,18). The van der Waals surface area contributed by atoms with E-state index in [4.69, 9.17) is 9.84 Å². The number of carboxylic acids is 1. The van der Waals surface area contributed by atoms with Crippen LogP contribution in [-0.2, 0) is 16.9 Å². The average molecular weight is 328 g/mol. The number of hydrogen-bond acceptors (Lipinski definition) is 5. The Labute approximate surface area is 125 Å². The highest BCUT2D eigenvalue weighted by molar-refractivity contribution is 7.90. The van der Waals surface area contributed by atoms with Crippen LogP contribution in [0, 0.1) is 5.82 Å². The highest BCUT2D eigenvalue weighted by Gasteiger charge is 2.21. The zero-order valence-corrected chi connectivity index (χ0v) is 12.8. The molecule has 0 aliphatic heterocycles. The zero-order valence-electron chi connectivity index (χ0n) is 12.0. The predicted molar refractivity (Wildman–Crippen MR) is 75.2 cm³/mol. The number of hydrogen-bond donors (Lipinski definition) is 1. The molecule has 1 aromatic heterocycles. The van der Waals surface area contributed by atoms with Crippen molar-refractivity contribution in [3.05, 3.63) is 29.7 Å². The van der Waals surface area contributed by atoms with E-state index in [0.717, 1.165) is 18.4 Å². The molecule has 1 N–H and O–H groups in total. The number of halogens is 1. The average Bonchev–Trinajstić information content (AvgIpc) is 2.79. The second-order valence-electron chi connectivity index (χ2n) is 4.60. The Bertz CT molecular complexity index is 858. The third-order valence-corrected chi connectivity index (χ3v) is 4.14. The summed E-state index contributed by atoms with van der Waals surface area (Å²) in [6, 6.07) is 3.30. The first kappa shape index (κ1) is 16.0. The fourth-order valence-electron chi connectivity index (χ4n) is 2.01. The Morgan fingerprint density at radius 2 is 2.00 bits per heavy atom. The highest BCUT2D eigenvalue weighted by Crippen LogP contribution is 2.34. The molecule has 1 heterocycles. The predicted octanol–water partition coefficient (Wildman–Crippen LogP) is 1.34. The maximum absolute atomic E-state index is 14.1. The lowest BCUT2D eigenvalue weighted by atomic mass is 10.1. The summed E-state index contributed by atoms with van der Waals surface area (Å²) >= 11 is 0. The van der Waals surface area contributed by atoms with Crippen LogP contribution in [0.15, 0.2) is 23.1 Å². The van der Waals surface area contributed by atoms with Crippen molar-refractivity contribution in [3.8, 4) is 17.0 Å². The van der Waals surface area contributed by atoms with Crippen molar-refractivity contribution in [2.45, 2.75) is 4.90 Å². The first-order valence-corrected chi connectivity index (χ1v) is 7.89. The summed E-state index contributed by atoms with van der Waals surface area (Å²) in [5.74, 6) is -2.08. The van der Waals surface area contributed by atoms with Gasteiger partial charge >= 0.3 is 5.97 Å². The number of benzene rings is 1. The molecule has 0 spiro atoms. The van der Waals surface area contributed by atoms with Gasteiger partial charge in [-0.05, 0) is 12.1 Å². The maximum atomic E-state index is 14.1. The van der Waals surface area contributed by atoms with Gasteiger partial charge in [-0.3, -0.25) is 4.68 Å². The summed E-state index contributed by atoms with van der Waals surface area (Å²) in [6.45, 7) is 0. The smallest absolute Gasteiger partial charge is 0.356 e. The van der Waals surface area contributed by atoms with Crippen molar-refractivity contribution in [2.24, 2.45) is 7.05 Å². The van der Waals surface area contributed by atoms with E-state index < -0.39 is 26.5 Å². The Balaban J connectivity index is 2.71. The number of aryl methyl sites for hydroxylation is 1. The summed E-state index contributed by atoms with van der Waals surface area (Å²) in [5.41, 5.74) is 0.273. The minimum atomic E-state index is -3.75. The number of aromatic carboxylic acids is 1. The third kappa shape index (κ3) is 2.80. The molecule has 0 saturated heterocycles. The number of aromatic nitrogens is 2. The Morgan fingerprint density at radius 3 is 2.45 bits per heavy atom. The van der Waals surface area contributed by atoms with Gasteiger partial charge in [-0.15, -0.1) is 0 Å². The van der Waals surface area contributed by atoms with Crippen LogP contribution in [0.25, 0.3) is 11.3 Å². The topological polar surface area (TPSA) is 98.5 Å². The van der Waals surface area contributed by atoms with Crippen LogP contribution in [0.2, 0.25) is 0 Å². The molecule has 0 aliphatic carbocycles. The van der Waals surface area contributed by atoms with E-state index in [1.54, 1.807) is 0 Å². The van der Waals surface area contributed by atoms with E-state index in [-0.39, 0.29) is 22.7 Å². The SMILES string of the molecule is COc1cc(S(C)(=O)=O)c(F)cc1-c1cc(C(=O)O)nn1C. The number of sulfone groups is 1. The molecular weight excluding hydrogens is 315 g/mol. The second-order valence-corrected chi connectivity index (χ2v) is 6.58. The first-order valence-electron chi connectivity index (χ1n) is 6.00. The van der Waals surface area contributed by atoms with Gasteiger partial charge in [0.1, 0.15) is 16.5 Å². The molecule has 2 aromatic rings. The number of methoxy groups -OCH3 is 1. The fourth-order valence-corrected chi connectivity index (χ4v) is 2.75. The molecule has 0 aliphatic rings. The minimum Gasteiger partial charge on any atom is -0.496 e. The molecule has 0 atom stereocenters. The van der Waals surface area contributed by atoms with Crippen LogP contribution in [0.4, 0.5) is 4.39 Å². The molecule has 0 bridgehead atoms. The van der Waals surface area contributed by atoms with Gasteiger partial charge in [-0.2, -0.15) is 5.10 Å². The Kier molecular flexibility index (Phi) is 3.92. The third-order valence-electron chi connectivity index (χ3n) is 3.03. The summed E-state index contributed by atoms with van der Waals surface area (Å²) in [7, 11) is -0.962. The Hall–Kier alpha value is -2.42. The molecule has 0 fully saturated rings. The maximum Gasteiger partial charge on any atom is 0.356 e. The summed E-state index contributed by atoms with van der Waals surface area (Å²) in [6.07, 6.45) is 0.886. The molecule has 0 unspecified atom stereocenters. The summed E-state index contributed by atoms with van der Waals surface area (Å²) in [5, 5.41) is 12.7. The van der Waals surface area contributed by atoms with E-state index in [2.05, 4.69) is 5.10 Å².